The molecule has 1 aliphatic heterocycles. The lowest BCUT2D eigenvalue weighted by Crippen LogP contribution is -2.31. The Bertz CT molecular complexity index is 1030. The van der Waals surface area contributed by atoms with E-state index in [4.69, 9.17) is 5.14 Å². The van der Waals surface area contributed by atoms with Gasteiger partial charge in [0.25, 0.3) is 5.91 Å². The topological polar surface area (TPSA) is 114 Å². The third-order valence-corrected chi connectivity index (χ3v) is 6.59. The van der Waals surface area contributed by atoms with Crippen LogP contribution in [0.1, 0.15) is 76.5 Å². The number of benzene rings is 1. The standard InChI is InChI=1S/C22H31F2N3O4S/c1-12(2)16-7-14(31-21(23)24)8-17(13(3)4)18(16)10-20(28)27-32(25,30)15-9-19(26-11-15)22(5,6)29/h7-8,11-13,21,29H,9-10H2,1-6H3,(H2,25,27,28,30). The van der Waals surface area contributed by atoms with E-state index in [1.165, 1.54) is 18.3 Å². The zero-order valence-corrected chi connectivity index (χ0v) is 20.0. The summed E-state index contributed by atoms with van der Waals surface area (Å²) in [5, 5.41) is 15.9. The number of aliphatic imine (C=N–C) groups is 1. The number of allylic oxidation sites excluding steroid dienone is 1. The van der Waals surface area contributed by atoms with Gasteiger partial charge in [-0.2, -0.15) is 8.78 Å². The van der Waals surface area contributed by atoms with Crippen molar-refractivity contribution in [2.45, 2.75) is 78.4 Å². The number of amides is 1. The molecule has 1 unspecified atom stereocenters. The van der Waals surface area contributed by atoms with Gasteiger partial charge in [0.05, 0.1) is 22.6 Å². The fourth-order valence-electron chi connectivity index (χ4n) is 3.45. The number of nitrogens with two attached hydrogens (primary N) is 1. The van der Waals surface area contributed by atoms with Crippen molar-refractivity contribution in [3.8, 4) is 5.75 Å². The van der Waals surface area contributed by atoms with E-state index in [-0.39, 0.29) is 35.3 Å². The second-order valence-corrected chi connectivity index (χ2v) is 10.7. The smallest absolute Gasteiger partial charge is 0.387 e. The first-order valence-electron chi connectivity index (χ1n) is 10.3. The zero-order valence-electron chi connectivity index (χ0n) is 19.2. The number of rotatable bonds is 8. The molecule has 0 saturated heterocycles. The summed E-state index contributed by atoms with van der Waals surface area (Å²) in [5.74, 6) is -0.838. The number of ether oxygens (including phenoxy) is 1. The molecule has 0 aromatic heterocycles. The van der Waals surface area contributed by atoms with Gasteiger partial charge in [-0.15, -0.1) is 4.36 Å². The minimum absolute atomic E-state index is 0.0237. The number of carbonyl (C=O) groups is 1. The average molecular weight is 472 g/mol. The molecule has 1 aliphatic rings. The van der Waals surface area contributed by atoms with E-state index in [0.717, 1.165) is 0 Å². The predicted molar refractivity (Wildman–Crippen MR) is 121 cm³/mol. The van der Waals surface area contributed by atoms with Crippen molar-refractivity contribution < 1.29 is 27.6 Å². The summed E-state index contributed by atoms with van der Waals surface area (Å²) in [6.07, 6.45) is 1.16. The van der Waals surface area contributed by atoms with Gasteiger partial charge in [0.1, 0.15) is 15.7 Å². The van der Waals surface area contributed by atoms with Gasteiger partial charge < -0.3 is 9.84 Å². The van der Waals surface area contributed by atoms with Crippen LogP contribution >= 0.6 is 0 Å². The molecule has 10 heteroatoms. The molecule has 1 heterocycles. The van der Waals surface area contributed by atoms with Gasteiger partial charge >= 0.3 is 6.61 Å². The number of hydrogen-bond acceptors (Lipinski definition) is 5. The van der Waals surface area contributed by atoms with Crippen LogP contribution in [0.2, 0.25) is 0 Å². The van der Waals surface area contributed by atoms with Crippen LogP contribution in [0.5, 0.6) is 5.75 Å². The van der Waals surface area contributed by atoms with Crippen molar-refractivity contribution in [2.24, 2.45) is 14.5 Å². The van der Waals surface area contributed by atoms with Crippen molar-refractivity contribution in [1.29, 1.82) is 0 Å². The van der Waals surface area contributed by atoms with Gasteiger partial charge in [-0.25, -0.2) is 9.35 Å². The Hall–Kier alpha value is -2.17. The summed E-state index contributed by atoms with van der Waals surface area (Å²) in [7, 11) is -3.53. The number of nitrogens with zero attached hydrogens (tertiary/aromatic N) is 2. The quantitative estimate of drug-likeness (QED) is 0.585. The van der Waals surface area contributed by atoms with Crippen LogP contribution < -0.4 is 9.88 Å². The molecule has 0 aliphatic carbocycles. The lowest BCUT2D eigenvalue weighted by atomic mass is 9.86. The molecule has 0 fully saturated rings. The predicted octanol–water partition coefficient (Wildman–Crippen LogP) is 4.40. The molecule has 0 spiro atoms. The number of carbonyl (C=O) groups excluding carboxylic acids is 1. The summed E-state index contributed by atoms with van der Waals surface area (Å²) in [6, 6.07) is 2.99. The highest BCUT2D eigenvalue weighted by atomic mass is 32.2. The van der Waals surface area contributed by atoms with Crippen molar-refractivity contribution in [1.82, 2.24) is 0 Å². The second kappa shape index (κ2) is 9.76. The number of alkyl halides is 2. The second-order valence-electron chi connectivity index (χ2n) is 8.91. The lowest BCUT2D eigenvalue weighted by Gasteiger charge is -2.21. The van der Waals surface area contributed by atoms with Crippen LogP contribution in [-0.2, 0) is 21.1 Å². The summed E-state index contributed by atoms with van der Waals surface area (Å²) in [6.45, 7) is 7.64. The van der Waals surface area contributed by atoms with Gasteiger partial charge in [-0.1, -0.05) is 27.7 Å². The third-order valence-electron chi connectivity index (χ3n) is 5.12. The SMILES string of the molecule is CC(C)c1cc(OC(F)F)cc(C(C)C)c1CC(=O)N=S(N)(=O)C1=CN=C(C(C)(C)O)C1. The fraction of sp³-hybridized carbons (Fsp3) is 0.545. The molecule has 1 atom stereocenters. The molecule has 1 aromatic rings. The maximum absolute atomic E-state index is 12.9. The van der Waals surface area contributed by atoms with Gasteiger partial charge in [-0.05, 0) is 54.5 Å². The van der Waals surface area contributed by atoms with E-state index < -0.39 is 28.0 Å². The van der Waals surface area contributed by atoms with Crippen LogP contribution in [0, 0.1) is 0 Å². The summed E-state index contributed by atoms with van der Waals surface area (Å²) in [4.78, 5) is 17.0. The Morgan fingerprint density at radius 1 is 1.25 bits per heavy atom. The van der Waals surface area contributed by atoms with Crippen LogP contribution in [0.15, 0.2) is 32.6 Å². The summed E-state index contributed by atoms with van der Waals surface area (Å²) < 4.78 is 46.8. The highest BCUT2D eigenvalue weighted by Gasteiger charge is 2.29. The van der Waals surface area contributed by atoms with E-state index >= 15 is 0 Å². The van der Waals surface area contributed by atoms with Crippen LogP contribution in [0.4, 0.5) is 8.78 Å². The Kier molecular flexibility index (Phi) is 7.96. The minimum atomic E-state index is -3.53. The van der Waals surface area contributed by atoms with Gasteiger partial charge in [0, 0.05) is 12.6 Å². The highest BCUT2D eigenvalue weighted by Crippen LogP contribution is 2.34. The molecular formula is C22H31F2N3O4S. The average Bonchev–Trinajstić information content (AvgIpc) is 3.12. The molecule has 1 amide bonds. The molecule has 32 heavy (non-hydrogen) atoms. The van der Waals surface area contributed by atoms with Crippen LogP contribution in [0.25, 0.3) is 0 Å². The summed E-state index contributed by atoms with van der Waals surface area (Å²) >= 11 is 0. The first-order valence-corrected chi connectivity index (χ1v) is 11.9. The highest BCUT2D eigenvalue weighted by molar-refractivity contribution is 7.95. The largest absolute Gasteiger partial charge is 0.435 e. The Morgan fingerprint density at radius 3 is 2.19 bits per heavy atom. The van der Waals surface area contributed by atoms with Crippen molar-refractivity contribution in [3.63, 3.8) is 0 Å². The number of halogens is 2. The van der Waals surface area contributed by atoms with E-state index in [1.54, 1.807) is 13.8 Å². The van der Waals surface area contributed by atoms with Crippen molar-refractivity contribution in [2.75, 3.05) is 0 Å². The van der Waals surface area contributed by atoms with Gasteiger partial charge in [-0.3, -0.25) is 9.79 Å². The van der Waals surface area contributed by atoms with Crippen LogP contribution in [0.3, 0.4) is 0 Å². The molecule has 7 nitrogen and oxygen atoms in total. The van der Waals surface area contributed by atoms with Crippen LogP contribution in [-0.4, -0.2) is 33.1 Å². The van der Waals surface area contributed by atoms with E-state index in [0.29, 0.717) is 22.4 Å². The van der Waals surface area contributed by atoms with Gasteiger partial charge in [0.2, 0.25) is 0 Å². The van der Waals surface area contributed by atoms with E-state index in [9.17, 15) is 22.9 Å². The number of aliphatic hydroxyl groups is 1. The van der Waals surface area contributed by atoms with Crippen molar-refractivity contribution >= 4 is 21.5 Å². The first kappa shape index (κ1) is 26.1. The monoisotopic (exact) mass is 471 g/mol. The molecule has 1 aromatic carbocycles. The Morgan fingerprint density at radius 2 is 1.78 bits per heavy atom. The molecule has 0 saturated carbocycles. The third kappa shape index (κ3) is 6.43. The fourth-order valence-corrected chi connectivity index (χ4v) is 4.48. The molecule has 178 valence electrons. The Labute approximate surface area is 188 Å². The van der Waals surface area contributed by atoms with E-state index in [2.05, 4.69) is 14.1 Å². The minimum Gasteiger partial charge on any atom is -0.435 e. The first-order chi connectivity index (χ1) is 14.6. The zero-order chi connectivity index (χ0) is 24.4. The molecule has 0 bridgehead atoms. The van der Waals surface area contributed by atoms with E-state index in [1.807, 2.05) is 27.7 Å². The Balaban J connectivity index is 2.39. The lowest BCUT2D eigenvalue weighted by molar-refractivity contribution is -0.117. The summed E-state index contributed by atoms with van der Waals surface area (Å²) in [5.41, 5.74) is 1.15. The maximum atomic E-state index is 12.9. The molecule has 2 rings (SSSR count). The molecular weight excluding hydrogens is 440 g/mol. The van der Waals surface area contributed by atoms with Crippen molar-refractivity contribution in [3.05, 3.63) is 39.9 Å². The maximum Gasteiger partial charge on any atom is 0.387 e. The van der Waals surface area contributed by atoms with Gasteiger partial charge in [0.15, 0.2) is 0 Å². The number of hydrogen-bond donors (Lipinski definition) is 2. The molecule has 0 radical (unpaired) electrons. The normalized spacial score (nSPS) is 16.3. The molecule has 3 N–H and O–H groups in total.